The lowest BCUT2D eigenvalue weighted by molar-refractivity contribution is 0.103. The molecule has 1 aromatic heterocycles. The van der Waals surface area contributed by atoms with Crippen LogP contribution in [0.1, 0.15) is 35.3 Å². The zero-order valence-corrected chi connectivity index (χ0v) is 17.7. The summed E-state index contributed by atoms with van der Waals surface area (Å²) in [5, 5.41) is 0.336. The van der Waals surface area contributed by atoms with Gasteiger partial charge >= 0.3 is 0 Å². The molecule has 1 heterocycles. The number of nitrogens with one attached hydrogen (secondary N) is 1. The van der Waals surface area contributed by atoms with Gasteiger partial charge in [0, 0.05) is 28.5 Å². The van der Waals surface area contributed by atoms with E-state index in [1.54, 1.807) is 36.4 Å². The predicted molar refractivity (Wildman–Crippen MR) is 115 cm³/mol. The maximum Gasteiger partial charge on any atom is 0.261 e. The van der Waals surface area contributed by atoms with Gasteiger partial charge < -0.3 is 0 Å². The Balaban J connectivity index is 1.92. The number of carbonyl (C=O) groups is 1. The van der Waals surface area contributed by atoms with Crippen molar-refractivity contribution in [1.29, 1.82) is 0 Å². The van der Waals surface area contributed by atoms with Crippen LogP contribution in [0.15, 0.2) is 71.9 Å². The largest absolute Gasteiger partial charge is 0.289 e. The lowest BCUT2D eigenvalue weighted by atomic mass is 10.0. The molecule has 0 radical (unpaired) electrons. The maximum absolute atomic E-state index is 12.9. The highest BCUT2D eigenvalue weighted by atomic mass is 35.5. The minimum Gasteiger partial charge on any atom is -0.289 e. The fourth-order valence-corrected chi connectivity index (χ4v) is 4.18. The molecule has 0 unspecified atom stereocenters. The van der Waals surface area contributed by atoms with E-state index in [-0.39, 0.29) is 21.9 Å². The van der Waals surface area contributed by atoms with Crippen molar-refractivity contribution in [3.63, 3.8) is 0 Å². The molecular formula is C22H21ClN2O3S. The van der Waals surface area contributed by atoms with Gasteiger partial charge in [0.05, 0.1) is 10.6 Å². The Kier molecular flexibility index (Phi) is 6.35. The second-order valence-corrected chi connectivity index (χ2v) is 9.22. The second kappa shape index (κ2) is 8.76. The highest BCUT2D eigenvalue weighted by molar-refractivity contribution is 7.92. The minimum atomic E-state index is -3.87. The van der Waals surface area contributed by atoms with Gasteiger partial charge in [0.2, 0.25) is 0 Å². The molecule has 1 N–H and O–H groups in total. The smallest absolute Gasteiger partial charge is 0.261 e. The molecule has 0 saturated heterocycles. The number of rotatable bonds is 7. The van der Waals surface area contributed by atoms with Crippen LogP contribution in [0.3, 0.4) is 0 Å². The van der Waals surface area contributed by atoms with Gasteiger partial charge in [0.15, 0.2) is 5.78 Å². The van der Waals surface area contributed by atoms with Gasteiger partial charge in [-0.05, 0) is 60.4 Å². The third kappa shape index (κ3) is 5.22. The van der Waals surface area contributed by atoms with Crippen LogP contribution < -0.4 is 4.72 Å². The average Bonchev–Trinajstić information content (AvgIpc) is 2.69. The van der Waals surface area contributed by atoms with Gasteiger partial charge in [-0.15, -0.1) is 0 Å². The summed E-state index contributed by atoms with van der Waals surface area (Å²) in [6.45, 7) is 4.21. The Hall–Kier alpha value is -2.70. The lowest BCUT2D eigenvalue weighted by Crippen LogP contribution is -2.16. The fraction of sp³-hybridized carbons (Fsp3) is 0.182. The molecule has 0 fully saturated rings. The zero-order chi connectivity index (χ0) is 21.0. The molecule has 29 heavy (non-hydrogen) atoms. The molecule has 0 spiro atoms. The number of sulfonamides is 1. The zero-order valence-electron chi connectivity index (χ0n) is 16.1. The molecule has 0 aliphatic carbocycles. The fourth-order valence-electron chi connectivity index (χ4n) is 2.93. The van der Waals surface area contributed by atoms with Crippen LogP contribution in [0.2, 0.25) is 5.02 Å². The van der Waals surface area contributed by atoms with E-state index in [1.165, 1.54) is 30.6 Å². The van der Waals surface area contributed by atoms with Crippen molar-refractivity contribution in [3.8, 4) is 0 Å². The summed E-state index contributed by atoms with van der Waals surface area (Å²) in [6.07, 6.45) is 3.87. The van der Waals surface area contributed by atoms with Crippen LogP contribution in [0.5, 0.6) is 0 Å². The van der Waals surface area contributed by atoms with Gasteiger partial charge in [-0.3, -0.25) is 14.5 Å². The molecular weight excluding hydrogens is 408 g/mol. The first-order valence-electron chi connectivity index (χ1n) is 9.12. The van der Waals surface area contributed by atoms with Crippen LogP contribution in [0.25, 0.3) is 0 Å². The Morgan fingerprint density at radius 1 is 1.03 bits per heavy atom. The molecule has 5 nitrogen and oxygen atoms in total. The Bertz CT molecular complexity index is 1110. The van der Waals surface area contributed by atoms with Crippen molar-refractivity contribution in [1.82, 2.24) is 4.98 Å². The third-order valence-electron chi connectivity index (χ3n) is 4.29. The molecule has 2 aromatic carbocycles. The standard InChI is InChI=1S/C22H21ClN2O3S/c1-15(2)13-16-3-6-19(7-4-16)29(27,28)25-21-8-5-18(23)14-20(21)22(26)17-9-11-24-12-10-17/h3-12,14-15,25H,13H2,1-2H3. The number of aromatic nitrogens is 1. The topological polar surface area (TPSA) is 76.1 Å². The van der Waals surface area contributed by atoms with Gasteiger partial charge in [0.1, 0.15) is 0 Å². The molecule has 0 saturated carbocycles. The van der Waals surface area contributed by atoms with E-state index in [1.807, 2.05) is 0 Å². The van der Waals surface area contributed by atoms with Crippen LogP contribution in [0, 0.1) is 5.92 Å². The number of anilines is 1. The minimum absolute atomic E-state index is 0.127. The number of benzene rings is 2. The van der Waals surface area contributed by atoms with E-state index in [0.29, 0.717) is 16.5 Å². The molecule has 0 amide bonds. The van der Waals surface area contributed by atoms with Crippen molar-refractivity contribution >= 4 is 33.1 Å². The highest BCUT2D eigenvalue weighted by Crippen LogP contribution is 2.26. The molecule has 3 aromatic rings. The van der Waals surface area contributed by atoms with Crippen molar-refractivity contribution in [2.75, 3.05) is 4.72 Å². The number of ketones is 1. The summed E-state index contributed by atoms with van der Waals surface area (Å²) in [7, 11) is -3.87. The summed E-state index contributed by atoms with van der Waals surface area (Å²) in [5.74, 6) is 0.131. The maximum atomic E-state index is 12.9. The third-order valence-corrected chi connectivity index (χ3v) is 5.91. The monoisotopic (exact) mass is 428 g/mol. The molecule has 150 valence electrons. The Labute approximate surface area is 175 Å². The summed E-state index contributed by atoms with van der Waals surface area (Å²) in [4.78, 5) is 16.9. The average molecular weight is 429 g/mol. The van der Waals surface area contributed by atoms with Gasteiger partial charge in [-0.25, -0.2) is 8.42 Å². The number of halogens is 1. The van der Waals surface area contributed by atoms with Crippen LogP contribution in [-0.2, 0) is 16.4 Å². The summed E-state index contributed by atoms with van der Waals surface area (Å²) in [5.41, 5.74) is 1.80. The van der Waals surface area contributed by atoms with Crippen molar-refractivity contribution < 1.29 is 13.2 Å². The molecule has 3 rings (SSSR count). The van der Waals surface area contributed by atoms with E-state index in [0.717, 1.165) is 12.0 Å². The van der Waals surface area contributed by atoms with E-state index in [4.69, 9.17) is 11.6 Å². The SMILES string of the molecule is CC(C)Cc1ccc(S(=O)(=O)Nc2ccc(Cl)cc2C(=O)c2ccncc2)cc1. The van der Waals surface area contributed by atoms with E-state index in [9.17, 15) is 13.2 Å². The van der Waals surface area contributed by atoms with Crippen molar-refractivity contribution in [3.05, 3.63) is 88.7 Å². The van der Waals surface area contributed by atoms with E-state index < -0.39 is 10.0 Å². The number of hydrogen-bond acceptors (Lipinski definition) is 4. The van der Waals surface area contributed by atoms with Gasteiger partial charge in [0.25, 0.3) is 10.0 Å². The summed E-state index contributed by atoms with van der Waals surface area (Å²) in [6, 6.07) is 14.4. The predicted octanol–water partition coefficient (Wildman–Crippen LogP) is 4.97. The second-order valence-electron chi connectivity index (χ2n) is 7.10. The summed E-state index contributed by atoms with van der Waals surface area (Å²) < 4.78 is 28.3. The van der Waals surface area contributed by atoms with Gasteiger partial charge in [-0.1, -0.05) is 37.6 Å². The van der Waals surface area contributed by atoms with E-state index >= 15 is 0 Å². The first-order chi connectivity index (χ1) is 13.8. The quantitative estimate of drug-likeness (QED) is 0.539. The van der Waals surface area contributed by atoms with Gasteiger partial charge in [-0.2, -0.15) is 0 Å². The summed E-state index contributed by atoms with van der Waals surface area (Å²) >= 11 is 6.05. The number of nitrogens with zero attached hydrogens (tertiary/aromatic N) is 1. The number of carbonyl (C=O) groups excluding carboxylic acids is 1. The Morgan fingerprint density at radius 3 is 2.31 bits per heavy atom. The highest BCUT2D eigenvalue weighted by Gasteiger charge is 2.20. The van der Waals surface area contributed by atoms with Crippen LogP contribution in [0.4, 0.5) is 5.69 Å². The number of pyridine rings is 1. The normalized spacial score (nSPS) is 11.4. The first kappa shape index (κ1) is 21.0. The first-order valence-corrected chi connectivity index (χ1v) is 11.0. The van der Waals surface area contributed by atoms with Crippen molar-refractivity contribution in [2.45, 2.75) is 25.2 Å². The Morgan fingerprint density at radius 2 is 1.69 bits per heavy atom. The molecule has 0 aliphatic heterocycles. The molecule has 0 aliphatic rings. The molecule has 0 bridgehead atoms. The van der Waals surface area contributed by atoms with Crippen LogP contribution >= 0.6 is 11.6 Å². The van der Waals surface area contributed by atoms with Crippen molar-refractivity contribution in [2.24, 2.45) is 5.92 Å². The van der Waals surface area contributed by atoms with E-state index in [2.05, 4.69) is 23.6 Å². The van der Waals surface area contributed by atoms with Crippen LogP contribution in [-0.4, -0.2) is 19.2 Å². The number of hydrogen-bond donors (Lipinski definition) is 1. The molecule has 7 heteroatoms. The molecule has 0 atom stereocenters. The lowest BCUT2D eigenvalue weighted by Gasteiger charge is -2.13.